The summed E-state index contributed by atoms with van der Waals surface area (Å²) in [6, 6.07) is 12.6. The maximum absolute atomic E-state index is 13.6. The van der Waals surface area contributed by atoms with Crippen LogP contribution in [0.5, 0.6) is 11.5 Å². The molecule has 1 aliphatic rings. The lowest BCUT2D eigenvalue weighted by Gasteiger charge is -2.03. The van der Waals surface area contributed by atoms with Crippen molar-refractivity contribution in [3.63, 3.8) is 0 Å². The summed E-state index contributed by atoms with van der Waals surface area (Å²) in [5, 5.41) is 14.9. The molecule has 0 radical (unpaired) electrons. The summed E-state index contributed by atoms with van der Waals surface area (Å²) in [5.74, 6) is 1.09. The average molecular weight is 379 g/mol. The molecule has 0 atom stereocenters. The Kier molecular flexibility index (Phi) is 4.48. The van der Waals surface area contributed by atoms with Gasteiger partial charge in [0, 0.05) is 22.8 Å². The van der Waals surface area contributed by atoms with Gasteiger partial charge >= 0.3 is 0 Å². The van der Waals surface area contributed by atoms with Crippen LogP contribution in [0.3, 0.4) is 0 Å². The number of allylic oxidation sites excluding steroid dienone is 1. The first-order valence-electron chi connectivity index (χ1n) is 8.13. The molecule has 1 aromatic heterocycles. The average Bonchev–Trinajstić information content (AvgIpc) is 3.34. The van der Waals surface area contributed by atoms with E-state index < -0.39 is 0 Å². The fourth-order valence-corrected chi connectivity index (χ4v) is 3.36. The number of hydrogen-bond donors (Lipinski definition) is 1. The van der Waals surface area contributed by atoms with E-state index in [0.717, 1.165) is 11.3 Å². The second-order valence-electron chi connectivity index (χ2n) is 5.88. The number of thiazole rings is 1. The van der Waals surface area contributed by atoms with Crippen molar-refractivity contribution >= 4 is 22.6 Å². The van der Waals surface area contributed by atoms with Crippen LogP contribution in [0.15, 0.2) is 48.0 Å². The van der Waals surface area contributed by atoms with Gasteiger partial charge in [-0.05, 0) is 42.8 Å². The minimum absolute atomic E-state index is 0.216. The van der Waals surface area contributed by atoms with Crippen molar-refractivity contribution in [3.05, 3.63) is 64.4 Å². The molecule has 3 aromatic rings. The van der Waals surface area contributed by atoms with Crippen LogP contribution < -0.4 is 14.8 Å². The monoisotopic (exact) mass is 379 g/mol. The van der Waals surface area contributed by atoms with E-state index in [1.54, 1.807) is 19.1 Å². The first kappa shape index (κ1) is 17.1. The third-order valence-electron chi connectivity index (χ3n) is 4.08. The number of rotatable bonds is 4. The number of ether oxygens (including phenoxy) is 2. The highest BCUT2D eigenvalue weighted by molar-refractivity contribution is 7.11. The quantitative estimate of drug-likeness (QED) is 0.649. The van der Waals surface area contributed by atoms with Crippen LogP contribution >= 0.6 is 11.3 Å². The highest BCUT2D eigenvalue weighted by Gasteiger charge is 2.16. The van der Waals surface area contributed by atoms with Gasteiger partial charge in [0.2, 0.25) is 6.79 Å². The smallest absolute Gasteiger partial charge is 0.231 e. The third-order valence-corrected chi connectivity index (χ3v) is 4.95. The largest absolute Gasteiger partial charge is 0.454 e. The van der Waals surface area contributed by atoms with Gasteiger partial charge in [0.25, 0.3) is 0 Å². The van der Waals surface area contributed by atoms with Crippen molar-refractivity contribution in [2.75, 3.05) is 12.1 Å². The first-order chi connectivity index (χ1) is 13.1. The van der Waals surface area contributed by atoms with Crippen LogP contribution in [0.4, 0.5) is 10.1 Å². The number of halogens is 1. The van der Waals surface area contributed by atoms with E-state index in [9.17, 15) is 9.65 Å². The fraction of sp³-hybridized carbons (Fsp3) is 0.100. The van der Waals surface area contributed by atoms with Crippen molar-refractivity contribution in [1.82, 2.24) is 4.98 Å². The first-order valence-corrected chi connectivity index (χ1v) is 9.01. The Bertz CT molecular complexity index is 1090. The Morgan fingerprint density at radius 1 is 1.26 bits per heavy atom. The molecule has 134 valence electrons. The number of aromatic nitrogens is 1. The Morgan fingerprint density at radius 2 is 2.11 bits per heavy atom. The lowest BCUT2D eigenvalue weighted by atomic mass is 10.1. The Morgan fingerprint density at radius 3 is 2.93 bits per heavy atom. The van der Waals surface area contributed by atoms with Crippen molar-refractivity contribution < 1.29 is 13.9 Å². The molecule has 4 rings (SSSR count). The van der Waals surface area contributed by atoms with E-state index in [1.165, 1.54) is 23.6 Å². The zero-order valence-corrected chi connectivity index (χ0v) is 15.1. The minimum Gasteiger partial charge on any atom is -0.454 e. The maximum atomic E-state index is 13.6. The van der Waals surface area contributed by atoms with Gasteiger partial charge in [0.15, 0.2) is 11.5 Å². The van der Waals surface area contributed by atoms with Gasteiger partial charge in [0.1, 0.15) is 22.5 Å². The van der Waals surface area contributed by atoms with Gasteiger partial charge < -0.3 is 14.8 Å². The summed E-state index contributed by atoms with van der Waals surface area (Å²) < 4.78 is 24.3. The Balaban J connectivity index is 1.57. The molecule has 1 aliphatic heterocycles. The molecule has 0 saturated heterocycles. The second kappa shape index (κ2) is 7.09. The molecule has 0 bridgehead atoms. The molecule has 5 nitrogen and oxygen atoms in total. The van der Waals surface area contributed by atoms with Crippen LogP contribution in [0.1, 0.15) is 10.6 Å². The van der Waals surface area contributed by atoms with Crippen LogP contribution in [-0.2, 0) is 0 Å². The number of aryl methyl sites for hydroxylation is 1. The third kappa shape index (κ3) is 3.48. The van der Waals surface area contributed by atoms with Crippen LogP contribution in [0.2, 0.25) is 0 Å². The molecule has 2 aromatic carbocycles. The zero-order valence-electron chi connectivity index (χ0n) is 14.3. The van der Waals surface area contributed by atoms with E-state index in [1.807, 2.05) is 23.6 Å². The number of hydrogen-bond acceptors (Lipinski definition) is 6. The number of nitriles is 1. The molecule has 0 aliphatic carbocycles. The number of anilines is 1. The van der Waals surface area contributed by atoms with Crippen molar-refractivity contribution in [1.29, 1.82) is 5.26 Å². The van der Waals surface area contributed by atoms with Crippen molar-refractivity contribution in [2.45, 2.75) is 6.92 Å². The second-order valence-corrected chi connectivity index (χ2v) is 6.74. The van der Waals surface area contributed by atoms with Crippen LogP contribution in [0, 0.1) is 24.1 Å². The molecular weight excluding hydrogens is 365 g/mol. The summed E-state index contributed by atoms with van der Waals surface area (Å²) in [6.07, 6.45) is 1.53. The molecule has 0 unspecified atom stereocenters. The summed E-state index contributed by atoms with van der Waals surface area (Å²) in [5.41, 5.74) is 3.13. The highest BCUT2D eigenvalue weighted by atomic mass is 32.1. The standard InChI is InChI=1S/C20H14FN3O2S/c1-12-2-4-15(7-16(12)21)23-9-14(8-22)20-24-17(10-27-20)13-3-5-18-19(6-13)26-11-25-18/h2-7,9-10,23H,11H2,1H3/b14-9+. The van der Waals surface area contributed by atoms with Gasteiger partial charge in [-0.1, -0.05) is 6.07 Å². The lowest BCUT2D eigenvalue weighted by Crippen LogP contribution is -1.93. The van der Waals surface area contributed by atoms with Gasteiger partial charge in [-0.3, -0.25) is 0 Å². The van der Waals surface area contributed by atoms with Crippen molar-refractivity contribution in [3.8, 4) is 28.8 Å². The summed E-state index contributed by atoms with van der Waals surface area (Å²) in [6.45, 7) is 1.91. The van der Waals surface area contributed by atoms with Crippen LogP contribution in [-0.4, -0.2) is 11.8 Å². The van der Waals surface area contributed by atoms with Crippen molar-refractivity contribution in [2.24, 2.45) is 0 Å². The molecule has 2 heterocycles. The minimum atomic E-state index is -0.300. The van der Waals surface area contributed by atoms with Gasteiger partial charge in [-0.15, -0.1) is 11.3 Å². The number of benzene rings is 2. The predicted octanol–water partition coefficient (Wildman–Crippen LogP) is 4.96. The van der Waals surface area contributed by atoms with E-state index in [2.05, 4.69) is 16.4 Å². The molecule has 0 saturated carbocycles. The topological polar surface area (TPSA) is 67.2 Å². The van der Waals surface area contributed by atoms with Gasteiger partial charge in [-0.25, -0.2) is 9.37 Å². The Hall–Kier alpha value is -3.37. The molecule has 27 heavy (non-hydrogen) atoms. The number of nitrogens with zero attached hydrogens (tertiary/aromatic N) is 2. The van der Waals surface area contributed by atoms with E-state index in [-0.39, 0.29) is 12.6 Å². The molecule has 7 heteroatoms. The van der Waals surface area contributed by atoms with E-state index in [0.29, 0.717) is 33.3 Å². The Labute approximate surface area is 159 Å². The van der Waals surface area contributed by atoms with Gasteiger partial charge in [-0.2, -0.15) is 5.26 Å². The fourth-order valence-electron chi connectivity index (χ4n) is 2.57. The summed E-state index contributed by atoms with van der Waals surface area (Å²) >= 11 is 1.36. The summed E-state index contributed by atoms with van der Waals surface area (Å²) in [4.78, 5) is 4.54. The van der Waals surface area contributed by atoms with E-state index in [4.69, 9.17) is 9.47 Å². The molecular formula is C20H14FN3O2S. The maximum Gasteiger partial charge on any atom is 0.231 e. The molecule has 0 amide bonds. The van der Waals surface area contributed by atoms with Gasteiger partial charge in [0.05, 0.1) is 5.69 Å². The zero-order chi connectivity index (χ0) is 18.8. The molecule has 1 N–H and O–H groups in total. The predicted molar refractivity (Wildman–Crippen MR) is 102 cm³/mol. The lowest BCUT2D eigenvalue weighted by molar-refractivity contribution is 0.174. The number of nitrogens with one attached hydrogen (secondary N) is 1. The van der Waals surface area contributed by atoms with E-state index >= 15 is 0 Å². The highest BCUT2D eigenvalue weighted by Crippen LogP contribution is 2.36. The molecule has 0 spiro atoms. The number of fused-ring (bicyclic) bond motifs is 1. The van der Waals surface area contributed by atoms with Crippen LogP contribution in [0.25, 0.3) is 16.8 Å². The molecule has 0 fully saturated rings. The summed E-state index contributed by atoms with van der Waals surface area (Å²) in [7, 11) is 0. The SMILES string of the molecule is Cc1ccc(N/C=C(\C#N)c2nc(-c3ccc4c(c3)OCO4)cs2)cc1F. The normalized spacial score (nSPS) is 12.7.